The van der Waals surface area contributed by atoms with Crippen LogP contribution in [0.3, 0.4) is 0 Å². The van der Waals surface area contributed by atoms with Gasteiger partial charge in [0.1, 0.15) is 6.04 Å². The Morgan fingerprint density at radius 1 is 1.71 bits per heavy atom. The van der Waals surface area contributed by atoms with Gasteiger partial charge < -0.3 is 9.73 Å². The van der Waals surface area contributed by atoms with Crippen LogP contribution in [0.25, 0.3) is 0 Å². The third kappa shape index (κ3) is 1.77. The lowest BCUT2D eigenvalue weighted by Gasteiger charge is -2.07. The normalized spacial score (nSPS) is 17.1. The van der Waals surface area contributed by atoms with Crippen LogP contribution in [0.5, 0.6) is 0 Å². The average Bonchev–Trinajstić information content (AvgIpc) is 2.88. The molecule has 1 amide bonds. The molecule has 1 aromatic heterocycles. The molecule has 1 aliphatic rings. The Balaban J connectivity index is 1.97. The van der Waals surface area contributed by atoms with Crippen molar-refractivity contribution in [3.05, 3.63) is 24.2 Å². The Labute approximate surface area is 81.5 Å². The Kier molecular flexibility index (Phi) is 2.23. The summed E-state index contributed by atoms with van der Waals surface area (Å²) in [5, 5.41) is 11.4. The number of hydrogen-bond donors (Lipinski definition) is 1. The van der Waals surface area contributed by atoms with E-state index in [1.165, 1.54) is 6.26 Å². The lowest BCUT2D eigenvalue weighted by Crippen LogP contribution is -2.35. The van der Waals surface area contributed by atoms with Crippen molar-refractivity contribution in [3.8, 4) is 6.07 Å². The molecule has 1 fully saturated rings. The van der Waals surface area contributed by atoms with Crippen molar-refractivity contribution < 1.29 is 9.21 Å². The number of furan rings is 1. The second-order valence-electron chi connectivity index (χ2n) is 3.39. The Bertz CT molecular complexity index is 360. The molecular weight excluding hydrogens is 180 g/mol. The first-order chi connectivity index (χ1) is 6.81. The maximum Gasteiger partial charge on any atom is 0.288 e. The SMILES string of the molecule is N#CC(NC(=O)c1ccco1)C1CC1. The smallest absolute Gasteiger partial charge is 0.288 e. The minimum atomic E-state index is -0.368. The molecule has 1 unspecified atom stereocenters. The summed E-state index contributed by atoms with van der Waals surface area (Å²) in [5.74, 6) is 0.276. The van der Waals surface area contributed by atoms with Crippen LogP contribution in [0, 0.1) is 17.2 Å². The van der Waals surface area contributed by atoms with Gasteiger partial charge in [-0.1, -0.05) is 0 Å². The van der Waals surface area contributed by atoms with Gasteiger partial charge in [0.15, 0.2) is 5.76 Å². The topological polar surface area (TPSA) is 66.0 Å². The van der Waals surface area contributed by atoms with E-state index in [9.17, 15) is 4.79 Å². The predicted molar refractivity (Wildman–Crippen MR) is 48.3 cm³/mol. The molecule has 72 valence electrons. The number of amides is 1. The summed E-state index contributed by atoms with van der Waals surface area (Å²) in [5.41, 5.74) is 0. The molecule has 0 aliphatic heterocycles. The highest BCUT2D eigenvalue weighted by molar-refractivity contribution is 5.91. The number of nitrogens with zero attached hydrogens (tertiary/aromatic N) is 1. The van der Waals surface area contributed by atoms with Crippen molar-refractivity contribution in [2.45, 2.75) is 18.9 Å². The monoisotopic (exact) mass is 190 g/mol. The lowest BCUT2D eigenvalue weighted by molar-refractivity contribution is 0.0914. The van der Waals surface area contributed by atoms with Crippen LogP contribution in [0.2, 0.25) is 0 Å². The van der Waals surface area contributed by atoms with Gasteiger partial charge >= 0.3 is 0 Å². The van der Waals surface area contributed by atoms with E-state index in [4.69, 9.17) is 9.68 Å². The number of nitrogens with one attached hydrogen (secondary N) is 1. The first-order valence-electron chi connectivity index (χ1n) is 4.55. The third-order valence-corrected chi connectivity index (χ3v) is 2.26. The molecule has 0 radical (unpaired) electrons. The van der Waals surface area contributed by atoms with Crippen molar-refractivity contribution in [1.82, 2.24) is 5.32 Å². The molecular formula is C10H10N2O2. The molecule has 1 N–H and O–H groups in total. The van der Waals surface area contributed by atoms with Crippen molar-refractivity contribution in [1.29, 1.82) is 5.26 Å². The van der Waals surface area contributed by atoms with Gasteiger partial charge in [0.05, 0.1) is 12.3 Å². The lowest BCUT2D eigenvalue weighted by atomic mass is 10.2. The number of hydrogen-bond acceptors (Lipinski definition) is 3. The number of rotatable bonds is 3. The molecule has 1 saturated carbocycles. The van der Waals surface area contributed by atoms with E-state index in [-0.39, 0.29) is 17.7 Å². The molecule has 0 aromatic carbocycles. The van der Waals surface area contributed by atoms with Crippen molar-refractivity contribution in [2.24, 2.45) is 5.92 Å². The summed E-state index contributed by atoms with van der Waals surface area (Å²) in [6.45, 7) is 0. The second kappa shape index (κ2) is 3.54. The fourth-order valence-corrected chi connectivity index (χ4v) is 1.31. The third-order valence-electron chi connectivity index (χ3n) is 2.26. The molecule has 1 aliphatic carbocycles. The molecule has 0 bridgehead atoms. The Hall–Kier alpha value is -1.76. The number of carbonyl (C=O) groups excluding carboxylic acids is 1. The first-order valence-corrected chi connectivity index (χ1v) is 4.55. The van der Waals surface area contributed by atoms with Gasteiger partial charge in [-0.15, -0.1) is 0 Å². The molecule has 0 saturated heterocycles. The van der Waals surface area contributed by atoms with E-state index in [1.807, 2.05) is 0 Å². The van der Waals surface area contributed by atoms with Crippen LogP contribution in [-0.4, -0.2) is 11.9 Å². The Morgan fingerprint density at radius 2 is 2.50 bits per heavy atom. The van der Waals surface area contributed by atoms with Crippen LogP contribution in [-0.2, 0) is 0 Å². The highest BCUT2D eigenvalue weighted by Crippen LogP contribution is 2.32. The van der Waals surface area contributed by atoms with Crippen LogP contribution >= 0.6 is 0 Å². The quantitative estimate of drug-likeness (QED) is 0.781. The van der Waals surface area contributed by atoms with Crippen LogP contribution in [0.15, 0.2) is 22.8 Å². The molecule has 0 spiro atoms. The molecule has 14 heavy (non-hydrogen) atoms. The molecule has 4 heteroatoms. The van der Waals surface area contributed by atoms with Crippen molar-refractivity contribution in [2.75, 3.05) is 0 Å². The van der Waals surface area contributed by atoms with Gasteiger partial charge in [-0.2, -0.15) is 5.26 Å². The molecule has 2 rings (SSSR count). The van der Waals surface area contributed by atoms with Crippen LogP contribution in [0.1, 0.15) is 23.4 Å². The van der Waals surface area contributed by atoms with E-state index in [0.29, 0.717) is 5.92 Å². The van der Waals surface area contributed by atoms with Crippen LogP contribution < -0.4 is 5.32 Å². The van der Waals surface area contributed by atoms with E-state index < -0.39 is 0 Å². The largest absolute Gasteiger partial charge is 0.459 e. The maximum absolute atomic E-state index is 11.5. The fraction of sp³-hybridized carbons (Fsp3) is 0.400. The van der Waals surface area contributed by atoms with Crippen LogP contribution in [0.4, 0.5) is 0 Å². The summed E-state index contributed by atoms with van der Waals surface area (Å²) < 4.78 is 4.92. The standard InChI is InChI=1S/C10H10N2O2/c11-6-8(7-3-4-7)12-10(13)9-2-1-5-14-9/h1-2,5,7-8H,3-4H2,(H,12,13). The fourth-order valence-electron chi connectivity index (χ4n) is 1.31. The predicted octanol–water partition coefficient (Wildman–Crippen LogP) is 1.31. The molecule has 1 aromatic rings. The number of carbonyl (C=O) groups is 1. The Morgan fingerprint density at radius 3 is 3.00 bits per heavy atom. The summed E-state index contributed by atoms with van der Waals surface area (Å²) in [7, 11) is 0. The van der Waals surface area contributed by atoms with Gasteiger partial charge in [0.2, 0.25) is 0 Å². The van der Waals surface area contributed by atoms with E-state index in [0.717, 1.165) is 12.8 Å². The zero-order valence-electron chi connectivity index (χ0n) is 7.56. The van der Waals surface area contributed by atoms with E-state index in [2.05, 4.69) is 11.4 Å². The van der Waals surface area contributed by atoms with Crippen molar-refractivity contribution >= 4 is 5.91 Å². The van der Waals surface area contributed by atoms with E-state index >= 15 is 0 Å². The van der Waals surface area contributed by atoms with Gasteiger partial charge in [-0.05, 0) is 30.9 Å². The van der Waals surface area contributed by atoms with Gasteiger partial charge in [-0.25, -0.2) is 0 Å². The average molecular weight is 190 g/mol. The van der Waals surface area contributed by atoms with Gasteiger partial charge in [-0.3, -0.25) is 4.79 Å². The molecule has 4 nitrogen and oxygen atoms in total. The zero-order chi connectivity index (χ0) is 9.97. The summed E-state index contributed by atoms with van der Waals surface area (Å²) in [6.07, 6.45) is 3.49. The summed E-state index contributed by atoms with van der Waals surface area (Å²) in [4.78, 5) is 11.5. The summed E-state index contributed by atoms with van der Waals surface area (Å²) in [6, 6.07) is 4.94. The van der Waals surface area contributed by atoms with Gasteiger partial charge in [0.25, 0.3) is 5.91 Å². The first kappa shape index (κ1) is 8.82. The maximum atomic E-state index is 11.5. The summed E-state index contributed by atoms with van der Waals surface area (Å²) >= 11 is 0. The minimum Gasteiger partial charge on any atom is -0.459 e. The highest BCUT2D eigenvalue weighted by Gasteiger charge is 2.32. The van der Waals surface area contributed by atoms with Gasteiger partial charge in [0, 0.05) is 0 Å². The van der Waals surface area contributed by atoms with E-state index in [1.54, 1.807) is 12.1 Å². The highest BCUT2D eigenvalue weighted by atomic mass is 16.3. The number of nitriles is 1. The zero-order valence-corrected chi connectivity index (χ0v) is 7.56. The minimum absolute atomic E-state index is 0.255. The molecule has 1 heterocycles. The second-order valence-corrected chi connectivity index (χ2v) is 3.39. The van der Waals surface area contributed by atoms with Crippen molar-refractivity contribution in [3.63, 3.8) is 0 Å². The molecule has 1 atom stereocenters.